The summed E-state index contributed by atoms with van der Waals surface area (Å²) in [4.78, 5) is 30.4. The third-order valence-corrected chi connectivity index (χ3v) is 6.64. The van der Waals surface area contributed by atoms with Crippen molar-refractivity contribution in [3.63, 3.8) is 0 Å². The van der Waals surface area contributed by atoms with Gasteiger partial charge in [-0.1, -0.05) is 36.4 Å². The maximum Gasteiger partial charge on any atom is 0.274 e. The van der Waals surface area contributed by atoms with Crippen LogP contribution in [0.1, 0.15) is 51.9 Å². The van der Waals surface area contributed by atoms with Crippen LogP contribution in [0.3, 0.4) is 0 Å². The summed E-state index contributed by atoms with van der Waals surface area (Å²) in [7, 11) is 0. The van der Waals surface area contributed by atoms with E-state index < -0.39 is 0 Å². The number of carbonyl (C=O) groups excluding carboxylic acids is 2. The molecule has 6 nitrogen and oxygen atoms in total. The van der Waals surface area contributed by atoms with Crippen molar-refractivity contribution in [3.8, 4) is 11.1 Å². The first-order valence-electron chi connectivity index (χ1n) is 11.6. The lowest BCUT2D eigenvalue weighted by Gasteiger charge is -2.29. The predicted molar refractivity (Wildman–Crippen MR) is 123 cm³/mol. The third kappa shape index (κ3) is 3.81. The molecule has 0 aliphatic carbocycles. The van der Waals surface area contributed by atoms with E-state index in [0.29, 0.717) is 48.4 Å². The number of aryl methyl sites for hydroxylation is 1. The van der Waals surface area contributed by atoms with E-state index in [-0.39, 0.29) is 17.6 Å². The molecule has 2 aliphatic heterocycles. The van der Waals surface area contributed by atoms with Gasteiger partial charge in [0.25, 0.3) is 11.8 Å². The van der Waals surface area contributed by atoms with Gasteiger partial charge in [-0.25, -0.2) is 4.39 Å². The number of aromatic nitrogens is 2. The van der Waals surface area contributed by atoms with Crippen LogP contribution in [0.15, 0.2) is 48.5 Å². The molecule has 1 saturated heterocycles. The molecule has 0 atom stereocenters. The first-order valence-corrected chi connectivity index (χ1v) is 11.6. The van der Waals surface area contributed by atoms with Gasteiger partial charge in [0.2, 0.25) is 0 Å². The lowest BCUT2D eigenvalue weighted by molar-refractivity contribution is 0.0723. The Balaban J connectivity index is 1.48. The van der Waals surface area contributed by atoms with E-state index in [1.165, 1.54) is 6.07 Å². The van der Waals surface area contributed by atoms with E-state index in [9.17, 15) is 14.0 Å². The van der Waals surface area contributed by atoms with E-state index in [1.54, 1.807) is 41.3 Å². The Bertz CT molecular complexity index is 1210. The molecule has 3 heterocycles. The summed E-state index contributed by atoms with van der Waals surface area (Å²) in [5, 5.41) is 4.64. The zero-order valence-electron chi connectivity index (χ0n) is 18.8. The number of fused-ring (bicyclic) bond motifs is 1. The van der Waals surface area contributed by atoms with Crippen molar-refractivity contribution in [1.82, 2.24) is 19.6 Å². The van der Waals surface area contributed by atoms with Crippen molar-refractivity contribution < 1.29 is 14.0 Å². The molecule has 0 unspecified atom stereocenters. The summed E-state index contributed by atoms with van der Waals surface area (Å²) < 4.78 is 16.4. The Kier molecular flexibility index (Phi) is 5.70. The molecule has 33 heavy (non-hydrogen) atoms. The molecule has 5 rings (SSSR count). The maximum absolute atomic E-state index is 14.5. The van der Waals surface area contributed by atoms with Gasteiger partial charge in [-0.3, -0.25) is 14.3 Å². The van der Waals surface area contributed by atoms with E-state index in [4.69, 9.17) is 0 Å². The number of likely N-dealkylation sites (tertiary alicyclic amines) is 1. The highest BCUT2D eigenvalue weighted by atomic mass is 19.1. The molecule has 0 N–H and O–H groups in total. The molecule has 1 fully saturated rings. The summed E-state index contributed by atoms with van der Waals surface area (Å²) in [6.07, 6.45) is 2.66. The second-order valence-electron chi connectivity index (χ2n) is 8.59. The Morgan fingerprint density at radius 1 is 0.909 bits per heavy atom. The second kappa shape index (κ2) is 8.81. The van der Waals surface area contributed by atoms with E-state index in [2.05, 4.69) is 5.10 Å². The van der Waals surface area contributed by atoms with Gasteiger partial charge in [0.1, 0.15) is 5.82 Å². The van der Waals surface area contributed by atoms with Crippen LogP contribution >= 0.6 is 0 Å². The van der Waals surface area contributed by atoms with E-state index in [0.717, 1.165) is 37.2 Å². The summed E-state index contributed by atoms with van der Waals surface area (Å²) >= 11 is 0. The van der Waals surface area contributed by atoms with Crippen molar-refractivity contribution in [2.24, 2.45) is 0 Å². The molecule has 0 saturated carbocycles. The highest BCUT2D eigenvalue weighted by Gasteiger charge is 2.33. The lowest BCUT2D eigenvalue weighted by atomic mass is 9.97. The molecule has 3 aromatic rings. The minimum atomic E-state index is -0.360. The Morgan fingerprint density at radius 3 is 2.33 bits per heavy atom. The van der Waals surface area contributed by atoms with E-state index >= 15 is 0 Å². The zero-order chi connectivity index (χ0) is 22.9. The normalized spacial score (nSPS) is 15.6. The molecule has 2 amide bonds. The van der Waals surface area contributed by atoms with Crippen molar-refractivity contribution >= 4 is 11.8 Å². The number of halogens is 1. The number of carbonyl (C=O) groups is 2. The second-order valence-corrected chi connectivity index (χ2v) is 8.59. The number of hydrogen-bond donors (Lipinski definition) is 0. The monoisotopic (exact) mass is 446 g/mol. The highest BCUT2D eigenvalue weighted by molar-refractivity contribution is 6.01. The van der Waals surface area contributed by atoms with Crippen LogP contribution in [-0.4, -0.2) is 51.0 Å². The average Bonchev–Trinajstić information content (AvgIpc) is 3.51. The van der Waals surface area contributed by atoms with Gasteiger partial charge in [0.05, 0.1) is 6.54 Å². The molecule has 0 bridgehead atoms. The minimum absolute atomic E-state index is 0.0444. The number of rotatable bonds is 4. The number of hydrogen-bond acceptors (Lipinski definition) is 3. The summed E-state index contributed by atoms with van der Waals surface area (Å²) in [5.74, 6) is -0.568. The summed E-state index contributed by atoms with van der Waals surface area (Å²) in [6, 6.07) is 13.6. The van der Waals surface area contributed by atoms with Crippen molar-refractivity contribution in [1.29, 1.82) is 0 Å². The smallest absolute Gasteiger partial charge is 0.274 e. The SMILES string of the molecule is CCn1nc(C(=O)N2CCCC2)c2c1CCN(C(=O)c1ccccc1-c1ccccc1F)C2. The quantitative estimate of drug-likeness (QED) is 0.605. The van der Waals surface area contributed by atoms with Crippen LogP contribution in [0.25, 0.3) is 11.1 Å². The van der Waals surface area contributed by atoms with Gasteiger partial charge in [0.15, 0.2) is 5.69 Å². The van der Waals surface area contributed by atoms with Crippen molar-refractivity contribution in [3.05, 3.63) is 76.9 Å². The first kappa shape index (κ1) is 21.4. The van der Waals surface area contributed by atoms with Crippen molar-refractivity contribution in [2.45, 2.75) is 39.3 Å². The molecule has 0 radical (unpaired) electrons. The molecule has 2 aliphatic rings. The standard InChI is InChI=1S/C26H27FN4O2/c1-2-31-23-13-16-30(17-21(23)24(28-31)26(33)29-14-7-8-15-29)25(32)20-11-4-3-9-18(20)19-10-5-6-12-22(19)27/h3-6,9-12H,2,7-8,13-17H2,1H3. The Hall–Kier alpha value is -3.48. The fourth-order valence-electron chi connectivity index (χ4n) is 4.92. The van der Waals surface area contributed by atoms with Gasteiger partial charge in [-0.05, 0) is 37.5 Å². The van der Waals surface area contributed by atoms with Crippen LogP contribution < -0.4 is 0 Å². The molecular weight excluding hydrogens is 419 g/mol. The summed E-state index contributed by atoms with van der Waals surface area (Å²) in [6.45, 7) is 5.06. The number of nitrogens with zero attached hydrogens (tertiary/aromatic N) is 4. The van der Waals surface area contributed by atoms with E-state index in [1.807, 2.05) is 22.6 Å². The molecule has 170 valence electrons. The zero-order valence-corrected chi connectivity index (χ0v) is 18.8. The van der Waals surface area contributed by atoms with Gasteiger partial charge in [0, 0.05) is 55.0 Å². The van der Waals surface area contributed by atoms with Gasteiger partial charge >= 0.3 is 0 Å². The Morgan fingerprint density at radius 2 is 1.61 bits per heavy atom. The van der Waals surface area contributed by atoms with Gasteiger partial charge in [-0.15, -0.1) is 0 Å². The number of benzene rings is 2. The van der Waals surface area contributed by atoms with Gasteiger partial charge < -0.3 is 9.80 Å². The largest absolute Gasteiger partial charge is 0.337 e. The maximum atomic E-state index is 14.5. The fourth-order valence-corrected chi connectivity index (χ4v) is 4.92. The van der Waals surface area contributed by atoms with Crippen molar-refractivity contribution in [2.75, 3.05) is 19.6 Å². The Labute approximate surface area is 192 Å². The van der Waals surface area contributed by atoms with Crippen LogP contribution in [0.5, 0.6) is 0 Å². The fraction of sp³-hybridized carbons (Fsp3) is 0.346. The van der Waals surface area contributed by atoms with Crippen LogP contribution in [0, 0.1) is 5.82 Å². The molecule has 0 spiro atoms. The lowest BCUT2D eigenvalue weighted by Crippen LogP contribution is -2.37. The molecular formula is C26H27FN4O2. The predicted octanol–water partition coefficient (Wildman–Crippen LogP) is 4.14. The van der Waals surface area contributed by atoms with Crippen LogP contribution in [0.2, 0.25) is 0 Å². The van der Waals surface area contributed by atoms with Gasteiger partial charge in [-0.2, -0.15) is 5.10 Å². The third-order valence-electron chi connectivity index (χ3n) is 6.64. The molecule has 7 heteroatoms. The first-order chi connectivity index (χ1) is 16.1. The topological polar surface area (TPSA) is 58.4 Å². The highest BCUT2D eigenvalue weighted by Crippen LogP contribution is 2.30. The minimum Gasteiger partial charge on any atom is -0.337 e. The van der Waals surface area contributed by atoms with Crippen LogP contribution in [-0.2, 0) is 19.5 Å². The molecule has 2 aromatic carbocycles. The summed E-state index contributed by atoms with van der Waals surface area (Å²) in [5.41, 5.74) is 3.78. The average molecular weight is 447 g/mol. The number of amides is 2. The molecule has 1 aromatic heterocycles. The van der Waals surface area contributed by atoms with Crippen LogP contribution in [0.4, 0.5) is 4.39 Å².